The van der Waals surface area contributed by atoms with Gasteiger partial charge in [0, 0.05) is 13.1 Å². The minimum absolute atomic E-state index is 0.0432. The molecule has 17 heavy (non-hydrogen) atoms. The number of amides is 1. The van der Waals surface area contributed by atoms with Crippen LogP contribution in [0.15, 0.2) is 29.3 Å². The molecule has 1 unspecified atom stereocenters. The SMILES string of the molecule is O=C=NC1CC(=O)N(Cc2ccc(F)cc2)C1. The lowest BCUT2D eigenvalue weighted by atomic mass is 10.2. The lowest BCUT2D eigenvalue weighted by Gasteiger charge is -2.15. The molecule has 0 spiro atoms. The Bertz CT molecular complexity index is 466. The molecule has 0 radical (unpaired) electrons. The molecule has 1 saturated heterocycles. The molecule has 1 atom stereocenters. The van der Waals surface area contributed by atoms with Gasteiger partial charge >= 0.3 is 0 Å². The molecule has 0 aromatic heterocycles. The van der Waals surface area contributed by atoms with Crippen LogP contribution in [0.1, 0.15) is 12.0 Å². The third kappa shape index (κ3) is 2.77. The van der Waals surface area contributed by atoms with Gasteiger partial charge in [0.2, 0.25) is 12.0 Å². The largest absolute Gasteiger partial charge is 0.336 e. The van der Waals surface area contributed by atoms with Gasteiger partial charge in [0.1, 0.15) is 5.82 Å². The first-order valence-electron chi connectivity index (χ1n) is 5.28. The Balaban J connectivity index is 2.02. The molecule has 0 bridgehead atoms. The maximum absolute atomic E-state index is 12.7. The standard InChI is InChI=1S/C12H11FN2O2/c13-10-3-1-9(2-4-10)6-15-7-11(14-8-16)5-12(15)17/h1-4,11H,5-7H2. The van der Waals surface area contributed by atoms with Crippen LogP contribution in [0.25, 0.3) is 0 Å². The van der Waals surface area contributed by atoms with Crippen molar-refractivity contribution in [3.8, 4) is 0 Å². The quantitative estimate of drug-likeness (QED) is 0.584. The van der Waals surface area contributed by atoms with E-state index in [2.05, 4.69) is 4.99 Å². The van der Waals surface area contributed by atoms with Crippen LogP contribution in [0.2, 0.25) is 0 Å². The Hall–Kier alpha value is -2.00. The van der Waals surface area contributed by atoms with Crippen molar-refractivity contribution in [2.45, 2.75) is 19.0 Å². The molecule has 1 amide bonds. The summed E-state index contributed by atoms with van der Waals surface area (Å²) in [5.74, 6) is -0.344. The Morgan fingerprint density at radius 2 is 2.12 bits per heavy atom. The zero-order valence-corrected chi connectivity index (χ0v) is 9.10. The van der Waals surface area contributed by atoms with Crippen LogP contribution in [0.3, 0.4) is 0 Å². The van der Waals surface area contributed by atoms with E-state index in [1.807, 2.05) is 0 Å². The number of hydrogen-bond donors (Lipinski definition) is 0. The van der Waals surface area contributed by atoms with Crippen molar-refractivity contribution in [1.82, 2.24) is 4.90 Å². The minimum atomic E-state index is -0.301. The molecule has 5 heteroatoms. The van der Waals surface area contributed by atoms with Gasteiger partial charge in [0.05, 0.1) is 12.5 Å². The van der Waals surface area contributed by atoms with Gasteiger partial charge < -0.3 is 4.90 Å². The topological polar surface area (TPSA) is 49.7 Å². The number of isocyanates is 1. The number of halogens is 1. The Labute approximate surface area is 97.8 Å². The molecule has 1 aromatic carbocycles. The average molecular weight is 234 g/mol. The third-order valence-electron chi connectivity index (χ3n) is 2.72. The molecule has 1 fully saturated rings. The fraction of sp³-hybridized carbons (Fsp3) is 0.333. The Kier molecular flexibility index (Phi) is 3.30. The molecule has 0 saturated carbocycles. The van der Waals surface area contributed by atoms with E-state index < -0.39 is 0 Å². The van der Waals surface area contributed by atoms with Gasteiger partial charge in [-0.2, -0.15) is 0 Å². The van der Waals surface area contributed by atoms with E-state index >= 15 is 0 Å². The summed E-state index contributed by atoms with van der Waals surface area (Å²) < 4.78 is 12.7. The van der Waals surface area contributed by atoms with Gasteiger partial charge in [-0.1, -0.05) is 12.1 Å². The summed E-state index contributed by atoms with van der Waals surface area (Å²) in [4.78, 5) is 26.9. The monoisotopic (exact) mass is 234 g/mol. The number of rotatable bonds is 3. The fourth-order valence-corrected chi connectivity index (χ4v) is 1.88. The van der Waals surface area contributed by atoms with E-state index in [4.69, 9.17) is 0 Å². The summed E-state index contributed by atoms with van der Waals surface area (Å²) in [6.45, 7) is 0.843. The van der Waals surface area contributed by atoms with Gasteiger partial charge in [-0.05, 0) is 17.7 Å². The van der Waals surface area contributed by atoms with Crippen LogP contribution in [0, 0.1) is 5.82 Å². The van der Waals surface area contributed by atoms with Gasteiger partial charge in [0.25, 0.3) is 0 Å². The van der Waals surface area contributed by atoms with Crippen molar-refractivity contribution < 1.29 is 14.0 Å². The van der Waals surface area contributed by atoms with Gasteiger partial charge in [-0.25, -0.2) is 14.2 Å². The lowest BCUT2D eigenvalue weighted by molar-refractivity contribution is -0.128. The number of benzene rings is 1. The van der Waals surface area contributed by atoms with E-state index in [1.54, 1.807) is 17.0 Å². The van der Waals surface area contributed by atoms with E-state index in [1.165, 1.54) is 18.2 Å². The fourth-order valence-electron chi connectivity index (χ4n) is 1.88. The first-order valence-corrected chi connectivity index (χ1v) is 5.28. The summed E-state index contributed by atoms with van der Waals surface area (Å²) >= 11 is 0. The zero-order chi connectivity index (χ0) is 12.3. The highest BCUT2D eigenvalue weighted by molar-refractivity contribution is 5.79. The third-order valence-corrected chi connectivity index (χ3v) is 2.72. The molecule has 1 aliphatic rings. The maximum Gasteiger partial charge on any atom is 0.235 e. The van der Waals surface area contributed by atoms with Crippen molar-refractivity contribution in [2.75, 3.05) is 6.54 Å². The van der Waals surface area contributed by atoms with E-state index in [0.717, 1.165) is 5.56 Å². The van der Waals surface area contributed by atoms with E-state index in [0.29, 0.717) is 13.1 Å². The minimum Gasteiger partial charge on any atom is -0.336 e. The van der Waals surface area contributed by atoms with Crippen molar-refractivity contribution >= 4 is 12.0 Å². The number of aliphatic imine (C=N–C) groups is 1. The van der Waals surface area contributed by atoms with Gasteiger partial charge in [-0.15, -0.1) is 0 Å². The summed E-state index contributed by atoms with van der Waals surface area (Å²) in [7, 11) is 0. The maximum atomic E-state index is 12.7. The van der Waals surface area contributed by atoms with Gasteiger partial charge in [0.15, 0.2) is 0 Å². The van der Waals surface area contributed by atoms with Crippen LogP contribution in [-0.4, -0.2) is 29.5 Å². The smallest absolute Gasteiger partial charge is 0.235 e. The molecule has 1 aromatic rings. The van der Waals surface area contributed by atoms with Crippen molar-refractivity contribution in [3.05, 3.63) is 35.6 Å². The summed E-state index contributed by atoms with van der Waals surface area (Å²) in [6.07, 6.45) is 1.72. The van der Waals surface area contributed by atoms with Crippen molar-refractivity contribution in [3.63, 3.8) is 0 Å². The second kappa shape index (κ2) is 4.89. The summed E-state index contributed by atoms with van der Waals surface area (Å²) in [5.41, 5.74) is 0.857. The summed E-state index contributed by atoms with van der Waals surface area (Å²) in [6, 6.07) is 5.70. The number of likely N-dealkylation sites (tertiary alicyclic amines) is 1. The predicted molar refractivity (Wildman–Crippen MR) is 58.3 cm³/mol. The first kappa shape index (κ1) is 11.5. The number of hydrogen-bond acceptors (Lipinski definition) is 3. The molecular weight excluding hydrogens is 223 g/mol. The normalized spacial score (nSPS) is 19.2. The predicted octanol–water partition coefficient (Wildman–Crippen LogP) is 1.26. The van der Waals surface area contributed by atoms with Crippen LogP contribution in [-0.2, 0) is 16.1 Å². The van der Waals surface area contributed by atoms with E-state index in [9.17, 15) is 14.0 Å². The molecular formula is C12H11FN2O2. The number of carbonyl (C=O) groups is 1. The highest BCUT2D eigenvalue weighted by Gasteiger charge is 2.29. The zero-order valence-electron chi connectivity index (χ0n) is 9.10. The lowest BCUT2D eigenvalue weighted by Crippen LogP contribution is -2.24. The molecule has 0 aliphatic carbocycles. The van der Waals surface area contributed by atoms with Crippen LogP contribution >= 0.6 is 0 Å². The summed E-state index contributed by atoms with van der Waals surface area (Å²) in [5, 5.41) is 0. The molecule has 1 aliphatic heterocycles. The molecule has 2 rings (SSSR count). The van der Waals surface area contributed by atoms with Crippen molar-refractivity contribution in [2.24, 2.45) is 4.99 Å². The van der Waals surface area contributed by atoms with Crippen molar-refractivity contribution in [1.29, 1.82) is 0 Å². The highest BCUT2D eigenvalue weighted by Crippen LogP contribution is 2.17. The number of nitrogens with zero attached hydrogens (tertiary/aromatic N) is 2. The van der Waals surface area contributed by atoms with Crippen LogP contribution < -0.4 is 0 Å². The molecule has 88 valence electrons. The van der Waals surface area contributed by atoms with Crippen LogP contribution in [0.4, 0.5) is 4.39 Å². The Morgan fingerprint density at radius 1 is 1.41 bits per heavy atom. The second-order valence-electron chi connectivity index (χ2n) is 3.98. The molecule has 0 N–H and O–H groups in total. The number of carbonyl (C=O) groups excluding carboxylic acids is 2. The highest BCUT2D eigenvalue weighted by atomic mass is 19.1. The van der Waals surface area contributed by atoms with Gasteiger partial charge in [-0.3, -0.25) is 4.79 Å². The second-order valence-corrected chi connectivity index (χ2v) is 3.98. The first-order chi connectivity index (χ1) is 8.19. The van der Waals surface area contributed by atoms with Crippen LogP contribution in [0.5, 0.6) is 0 Å². The average Bonchev–Trinajstić information content (AvgIpc) is 2.63. The molecule has 1 heterocycles. The Morgan fingerprint density at radius 3 is 2.76 bits per heavy atom. The van der Waals surface area contributed by atoms with E-state index in [-0.39, 0.29) is 24.2 Å². The molecule has 4 nitrogen and oxygen atoms in total.